The van der Waals surface area contributed by atoms with E-state index < -0.39 is 23.5 Å². The van der Waals surface area contributed by atoms with Gasteiger partial charge in [0.25, 0.3) is 0 Å². The summed E-state index contributed by atoms with van der Waals surface area (Å²) in [6.45, 7) is 7.87. The Hall–Kier alpha value is -3.47. The highest BCUT2D eigenvalue weighted by Gasteiger charge is 2.42. The number of Topliss-reactive ketones (excluding diaryl/α,β-unsaturated/α-hetero) is 1. The minimum atomic E-state index is -0.787. The lowest BCUT2D eigenvalue weighted by Gasteiger charge is -2.36. The molecule has 0 radical (unpaired) electrons. The van der Waals surface area contributed by atoms with E-state index in [2.05, 4.69) is 25.9 Å². The highest BCUT2D eigenvalue weighted by atomic mass is 35.5. The molecule has 3 atom stereocenters. The smallest absolute Gasteiger partial charge is 0.246 e. The third-order valence-electron chi connectivity index (χ3n) is 7.72. The van der Waals surface area contributed by atoms with Crippen LogP contribution in [-0.2, 0) is 20.8 Å². The van der Waals surface area contributed by atoms with E-state index in [4.69, 9.17) is 27.9 Å². The van der Waals surface area contributed by atoms with Gasteiger partial charge in [-0.2, -0.15) is 0 Å². The largest absolute Gasteiger partial charge is 0.496 e. The van der Waals surface area contributed by atoms with Gasteiger partial charge in [0.1, 0.15) is 23.9 Å². The number of halogens is 2. The van der Waals surface area contributed by atoms with E-state index in [9.17, 15) is 14.4 Å². The third-order valence-corrected chi connectivity index (χ3v) is 8.27. The number of anilines is 2. The number of ketones is 1. The van der Waals surface area contributed by atoms with Crippen molar-refractivity contribution in [1.82, 2.24) is 25.5 Å². The molecular weight excluding hydrogens is 591 g/mol. The van der Waals surface area contributed by atoms with Crippen LogP contribution in [0.1, 0.15) is 46.1 Å². The van der Waals surface area contributed by atoms with E-state index in [1.807, 2.05) is 26.8 Å². The summed E-state index contributed by atoms with van der Waals surface area (Å²) < 4.78 is 5.64. The second-order valence-electron chi connectivity index (χ2n) is 11.8. The number of rotatable bonds is 10. The molecule has 1 aliphatic rings. The van der Waals surface area contributed by atoms with Crippen LogP contribution in [0.2, 0.25) is 10.0 Å². The maximum atomic E-state index is 13.8. The van der Waals surface area contributed by atoms with Crippen molar-refractivity contribution < 1.29 is 19.1 Å². The second kappa shape index (κ2) is 13.4. The van der Waals surface area contributed by atoms with Gasteiger partial charge in [0, 0.05) is 35.0 Å². The summed E-state index contributed by atoms with van der Waals surface area (Å²) in [5.74, 6) is 0.364. The van der Waals surface area contributed by atoms with Crippen LogP contribution in [-0.4, -0.2) is 71.3 Å². The minimum Gasteiger partial charge on any atom is -0.496 e. The summed E-state index contributed by atoms with van der Waals surface area (Å²) in [5.41, 5.74) is 1.31. The van der Waals surface area contributed by atoms with Crippen molar-refractivity contribution in [1.29, 1.82) is 0 Å². The Morgan fingerprint density at radius 3 is 2.53 bits per heavy atom. The number of benzene rings is 2. The molecule has 2 amide bonds. The number of hydrogen-bond acceptors (Lipinski definition) is 8. The minimum absolute atomic E-state index is 0.0347. The lowest BCUT2D eigenvalue weighted by Crippen LogP contribution is -2.58. The van der Waals surface area contributed by atoms with Crippen molar-refractivity contribution >= 4 is 63.2 Å². The van der Waals surface area contributed by atoms with E-state index in [0.717, 1.165) is 0 Å². The fourth-order valence-electron chi connectivity index (χ4n) is 5.16. The van der Waals surface area contributed by atoms with Crippen molar-refractivity contribution in [2.24, 2.45) is 5.41 Å². The summed E-state index contributed by atoms with van der Waals surface area (Å²) in [7, 11) is 3.23. The normalized spacial score (nSPS) is 16.6. The van der Waals surface area contributed by atoms with E-state index >= 15 is 0 Å². The number of fused-ring (bicyclic) bond motifs is 1. The second-order valence-corrected chi connectivity index (χ2v) is 12.6. The van der Waals surface area contributed by atoms with E-state index in [1.54, 1.807) is 43.1 Å². The van der Waals surface area contributed by atoms with Gasteiger partial charge in [-0.3, -0.25) is 14.4 Å². The molecule has 0 aliphatic carbocycles. The summed E-state index contributed by atoms with van der Waals surface area (Å²) >= 11 is 12.4. The zero-order valence-corrected chi connectivity index (χ0v) is 26.8. The van der Waals surface area contributed by atoms with Gasteiger partial charge in [0.15, 0.2) is 5.78 Å². The molecule has 1 aliphatic heterocycles. The van der Waals surface area contributed by atoms with Gasteiger partial charge >= 0.3 is 0 Å². The highest BCUT2D eigenvalue weighted by Crippen LogP contribution is 2.34. The maximum absolute atomic E-state index is 13.8. The molecule has 0 bridgehead atoms. The van der Waals surface area contributed by atoms with Gasteiger partial charge in [-0.1, -0.05) is 44.0 Å². The first-order chi connectivity index (χ1) is 20.3. The van der Waals surface area contributed by atoms with Crippen molar-refractivity contribution in [2.45, 2.75) is 65.1 Å². The van der Waals surface area contributed by atoms with Crippen LogP contribution in [0.5, 0.6) is 5.75 Å². The molecule has 12 heteroatoms. The van der Waals surface area contributed by atoms with Crippen LogP contribution >= 0.6 is 23.2 Å². The Morgan fingerprint density at radius 2 is 1.88 bits per heavy atom. The lowest BCUT2D eigenvalue weighted by atomic mass is 9.85. The Morgan fingerprint density at radius 1 is 1.14 bits per heavy atom. The number of ether oxygens (including phenoxy) is 1. The van der Waals surface area contributed by atoms with Crippen LogP contribution in [0.25, 0.3) is 10.9 Å². The molecule has 2 aromatic carbocycles. The molecule has 43 heavy (non-hydrogen) atoms. The molecule has 1 aromatic heterocycles. The molecule has 230 valence electrons. The number of likely N-dealkylation sites (N-methyl/N-ethyl adjacent to an activating group) is 1. The Labute approximate surface area is 261 Å². The maximum Gasteiger partial charge on any atom is 0.246 e. The van der Waals surface area contributed by atoms with E-state index in [-0.39, 0.29) is 24.0 Å². The van der Waals surface area contributed by atoms with Crippen LogP contribution in [0, 0.1) is 5.41 Å². The molecule has 3 aromatic rings. The topological polar surface area (TPSA) is 126 Å². The molecule has 3 N–H and O–H groups in total. The predicted molar refractivity (Wildman–Crippen MR) is 169 cm³/mol. The average Bonchev–Trinajstić information content (AvgIpc) is 3.46. The standard InChI is InChI=1S/C31H38Cl2N6O4/c1-17(34-5)29(41)38-27(31(2,3)4)30(42)39-11-7-8-24(39)25(40)13-18-12-20-23(15-26(18)43-6)35-16-36-28(20)37-22-10-9-19(32)14-21(22)33/h9-10,12,14-17,24,27,34H,7-8,11,13H2,1-6H3,(H,38,41)(H,35,36,37)/t17-,24-,27+/m0/s1. The van der Waals surface area contributed by atoms with Gasteiger partial charge in [-0.05, 0) is 56.5 Å². The summed E-state index contributed by atoms with van der Waals surface area (Å²) in [5, 5.41) is 10.7. The van der Waals surface area contributed by atoms with Gasteiger partial charge < -0.3 is 25.6 Å². The molecule has 0 saturated carbocycles. The number of hydrogen-bond donors (Lipinski definition) is 3. The fraction of sp³-hybridized carbons (Fsp3) is 0.452. The zero-order chi connectivity index (χ0) is 31.5. The molecular formula is C31H38Cl2N6O4. The number of carbonyl (C=O) groups is 3. The first-order valence-electron chi connectivity index (χ1n) is 14.2. The van der Waals surface area contributed by atoms with Crippen molar-refractivity contribution in [2.75, 3.05) is 26.0 Å². The molecule has 2 heterocycles. The quantitative estimate of drug-likeness (QED) is 0.289. The first kappa shape index (κ1) is 32.4. The van der Waals surface area contributed by atoms with Crippen LogP contribution < -0.4 is 20.7 Å². The zero-order valence-electron chi connectivity index (χ0n) is 25.3. The number of nitrogens with one attached hydrogen (secondary N) is 3. The average molecular weight is 630 g/mol. The number of nitrogens with zero attached hydrogens (tertiary/aromatic N) is 3. The Bertz CT molecular complexity index is 1530. The SMILES string of the molecule is CN[C@@H](C)C(=O)N[C@H](C(=O)N1CCC[C@H]1C(=O)Cc1cc2c(Nc3ccc(Cl)cc3Cl)ncnc2cc1OC)C(C)(C)C. The first-order valence-corrected chi connectivity index (χ1v) is 14.9. The van der Waals surface area contributed by atoms with Crippen molar-refractivity contribution in [3.05, 3.63) is 52.3 Å². The molecule has 10 nitrogen and oxygen atoms in total. The van der Waals surface area contributed by atoms with E-state index in [0.29, 0.717) is 63.2 Å². The van der Waals surface area contributed by atoms with Gasteiger partial charge in [0.2, 0.25) is 11.8 Å². The number of methoxy groups -OCH3 is 1. The van der Waals surface area contributed by atoms with Crippen molar-refractivity contribution in [3.63, 3.8) is 0 Å². The highest BCUT2D eigenvalue weighted by molar-refractivity contribution is 6.36. The van der Waals surface area contributed by atoms with Crippen LogP contribution in [0.15, 0.2) is 36.7 Å². The molecule has 0 unspecified atom stereocenters. The molecule has 0 spiro atoms. The van der Waals surface area contributed by atoms with Gasteiger partial charge in [0.05, 0.1) is 35.4 Å². The van der Waals surface area contributed by atoms with Crippen LogP contribution in [0.3, 0.4) is 0 Å². The number of likely N-dealkylation sites (tertiary alicyclic amines) is 1. The fourth-order valence-corrected chi connectivity index (χ4v) is 5.61. The molecule has 1 fully saturated rings. The third kappa shape index (κ3) is 7.37. The number of carbonyl (C=O) groups excluding carboxylic acids is 3. The predicted octanol–water partition coefficient (Wildman–Crippen LogP) is 4.93. The number of amides is 2. The van der Waals surface area contributed by atoms with E-state index in [1.165, 1.54) is 13.4 Å². The summed E-state index contributed by atoms with van der Waals surface area (Å²) in [6.07, 6.45) is 2.71. The van der Waals surface area contributed by atoms with Crippen molar-refractivity contribution in [3.8, 4) is 5.75 Å². The summed E-state index contributed by atoms with van der Waals surface area (Å²) in [6, 6.07) is 6.83. The molecule has 4 rings (SSSR count). The van der Waals surface area contributed by atoms with Gasteiger partial charge in [-0.25, -0.2) is 9.97 Å². The van der Waals surface area contributed by atoms with Gasteiger partial charge in [-0.15, -0.1) is 0 Å². The van der Waals surface area contributed by atoms with Crippen LogP contribution in [0.4, 0.5) is 11.5 Å². The monoisotopic (exact) mass is 628 g/mol. The lowest BCUT2D eigenvalue weighted by molar-refractivity contribution is -0.143. The Kier molecular flexibility index (Phi) is 10.1. The molecule has 1 saturated heterocycles. The Balaban J connectivity index is 1.61. The number of aromatic nitrogens is 2. The summed E-state index contributed by atoms with van der Waals surface area (Å²) in [4.78, 5) is 50.8.